The number of fused-ring (bicyclic) bond motifs is 1. The van der Waals surface area contributed by atoms with Gasteiger partial charge in [0.25, 0.3) is 15.9 Å². The number of H-pyrrole nitrogens is 1. The molecule has 1 amide bonds. The van der Waals surface area contributed by atoms with E-state index in [1.165, 1.54) is 4.31 Å². The van der Waals surface area contributed by atoms with Gasteiger partial charge in [-0.25, -0.2) is 8.42 Å². The number of nitrogens with zero attached hydrogens (tertiary/aromatic N) is 1. The molecule has 1 aliphatic carbocycles. The number of aromatic amines is 1. The van der Waals surface area contributed by atoms with E-state index in [0.717, 1.165) is 23.7 Å². The predicted octanol–water partition coefficient (Wildman–Crippen LogP) is 3.67. The molecule has 1 aliphatic rings. The van der Waals surface area contributed by atoms with Crippen LogP contribution in [0.3, 0.4) is 0 Å². The molecule has 7 heteroatoms. The van der Waals surface area contributed by atoms with Gasteiger partial charge in [-0.15, -0.1) is 0 Å². The van der Waals surface area contributed by atoms with Gasteiger partial charge in [0.15, 0.2) is 0 Å². The topological polar surface area (TPSA) is 82.3 Å². The van der Waals surface area contributed by atoms with Crippen LogP contribution < -0.4 is 9.62 Å². The smallest absolute Gasteiger partial charge is 0.267 e. The number of anilines is 1. The maximum Gasteiger partial charge on any atom is 0.267 e. The number of rotatable bonds is 7. The van der Waals surface area contributed by atoms with Crippen LogP contribution in [0.5, 0.6) is 0 Å². The molecule has 1 aromatic heterocycles. The lowest BCUT2D eigenvalue weighted by molar-refractivity contribution is 0.0947. The summed E-state index contributed by atoms with van der Waals surface area (Å²) in [7, 11) is -3.66. The van der Waals surface area contributed by atoms with Crippen molar-refractivity contribution in [3.8, 4) is 0 Å². The van der Waals surface area contributed by atoms with Crippen molar-refractivity contribution in [2.75, 3.05) is 10.8 Å². The Labute approximate surface area is 164 Å². The number of hydrogen-bond acceptors (Lipinski definition) is 3. The number of carbonyl (C=O) groups is 1. The van der Waals surface area contributed by atoms with E-state index < -0.39 is 10.0 Å². The average Bonchev–Trinajstić information content (AvgIpc) is 3.41. The highest BCUT2D eigenvalue weighted by atomic mass is 32.2. The van der Waals surface area contributed by atoms with E-state index in [0.29, 0.717) is 24.3 Å². The Morgan fingerprint density at radius 2 is 1.89 bits per heavy atom. The minimum absolute atomic E-state index is 0.123. The number of benzene rings is 2. The molecule has 1 fully saturated rings. The molecule has 0 radical (unpaired) electrons. The first-order valence-electron chi connectivity index (χ1n) is 9.50. The third kappa shape index (κ3) is 3.62. The van der Waals surface area contributed by atoms with Crippen molar-refractivity contribution >= 4 is 32.5 Å². The summed E-state index contributed by atoms with van der Waals surface area (Å²) in [4.78, 5) is 15.7. The van der Waals surface area contributed by atoms with Gasteiger partial charge in [-0.05, 0) is 55.7 Å². The van der Waals surface area contributed by atoms with Gasteiger partial charge in [0.1, 0.15) is 5.69 Å². The molecule has 6 nitrogen and oxygen atoms in total. The normalized spacial score (nSPS) is 14.2. The van der Waals surface area contributed by atoms with Crippen LogP contribution in [0.15, 0.2) is 59.5 Å². The second-order valence-corrected chi connectivity index (χ2v) is 8.95. The fourth-order valence-electron chi connectivity index (χ4n) is 3.20. The molecule has 3 aromatic rings. The van der Waals surface area contributed by atoms with Crippen molar-refractivity contribution in [1.82, 2.24) is 10.3 Å². The summed E-state index contributed by atoms with van der Waals surface area (Å²) in [5, 5.41) is 3.77. The maximum atomic E-state index is 13.2. The summed E-state index contributed by atoms with van der Waals surface area (Å²) >= 11 is 0. The van der Waals surface area contributed by atoms with Crippen molar-refractivity contribution in [3.63, 3.8) is 0 Å². The van der Waals surface area contributed by atoms with Crippen LogP contribution in [0, 0.1) is 0 Å². The first kappa shape index (κ1) is 18.6. The highest BCUT2D eigenvalue weighted by molar-refractivity contribution is 7.92. The van der Waals surface area contributed by atoms with Gasteiger partial charge in [0, 0.05) is 23.5 Å². The van der Waals surface area contributed by atoms with E-state index >= 15 is 0 Å². The Morgan fingerprint density at radius 1 is 1.14 bits per heavy atom. The molecule has 0 bridgehead atoms. The van der Waals surface area contributed by atoms with E-state index in [9.17, 15) is 13.2 Å². The zero-order valence-electron chi connectivity index (χ0n) is 15.7. The van der Waals surface area contributed by atoms with Crippen LogP contribution in [0.25, 0.3) is 10.9 Å². The molecule has 1 heterocycles. The molecule has 0 saturated heterocycles. The molecule has 0 aliphatic heterocycles. The molecule has 1 saturated carbocycles. The molecule has 28 heavy (non-hydrogen) atoms. The highest BCUT2D eigenvalue weighted by Crippen LogP contribution is 2.28. The number of amides is 1. The van der Waals surface area contributed by atoms with Crippen LogP contribution in [0.4, 0.5) is 5.69 Å². The molecule has 0 atom stereocenters. The van der Waals surface area contributed by atoms with Gasteiger partial charge in [0.05, 0.1) is 10.6 Å². The fraction of sp³-hybridized carbons (Fsp3) is 0.286. The lowest BCUT2D eigenvalue weighted by Crippen LogP contribution is -2.31. The van der Waals surface area contributed by atoms with Gasteiger partial charge in [0.2, 0.25) is 0 Å². The van der Waals surface area contributed by atoms with Crippen molar-refractivity contribution in [2.24, 2.45) is 0 Å². The molecule has 2 N–H and O–H groups in total. The quantitative estimate of drug-likeness (QED) is 0.638. The number of nitrogens with one attached hydrogen (secondary N) is 2. The van der Waals surface area contributed by atoms with Crippen LogP contribution in [-0.2, 0) is 10.0 Å². The molecular weight excluding hydrogens is 374 g/mol. The predicted molar refractivity (Wildman–Crippen MR) is 110 cm³/mol. The van der Waals surface area contributed by atoms with Gasteiger partial charge < -0.3 is 10.3 Å². The van der Waals surface area contributed by atoms with Crippen molar-refractivity contribution in [3.05, 3.63) is 60.3 Å². The van der Waals surface area contributed by atoms with E-state index in [1.807, 2.05) is 19.1 Å². The van der Waals surface area contributed by atoms with E-state index in [1.54, 1.807) is 42.5 Å². The largest absolute Gasteiger partial charge is 0.351 e. The second-order valence-electron chi connectivity index (χ2n) is 7.09. The molecule has 4 rings (SSSR count). The van der Waals surface area contributed by atoms with Gasteiger partial charge in [-0.3, -0.25) is 9.10 Å². The standard InChI is InChI=1S/C21H23N3O3S/c1-2-12-24(28(26,27)18-6-4-3-5-7-18)17-10-11-19-15(13-17)14-20(23-19)21(25)22-16-8-9-16/h3-7,10-11,13-14,16,23H,2,8-9,12H2,1H3,(H,22,25). The Bertz CT molecular complexity index is 1100. The van der Waals surface area contributed by atoms with Crippen molar-refractivity contribution < 1.29 is 13.2 Å². The fourth-order valence-corrected chi connectivity index (χ4v) is 4.77. The molecule has 2 aromatic carbocycles. The van der Waals surface area contributed by atoms with Crippen molar-refractivity contribution in [2.45, 2.75) is 37.1 Å². The zero-order chi connectivity index (χ0) is 19.7. The molecule has 0 unspecified atom stereocenters. The molecule has 0 spiro atoms. The summed E-state index contributed by atoms with van der Waals surface area (Å²) in [5.74, 6) is -0.123. The lowest BCUT2D eigenvalue weighted by Gasteiger charge is -2.24. The third-order valence-electron chi connectivity index (χ3n) is 4.81. The first-order valence-corrected chi connectivity index (χ1v) is 10.9. The van der Waals surface area contributed by atoms with Gasteiger partial charge in [-0.2, -0.15) is 0 Å². The summed E-state index contributed by atoms with van der Waals surface area (Å²) in [6.45, 7) is 2.32. The summed E-state index contributed by atoms with van der Waals surface area (Å²) < 4.78 is 27.7. The Morgan fingerprint density at radius 3 is 2.57 bits per heavy atom. The second kappa shape index (κ2) is 7.31. The average molecular weight is 398 g/mol. The minimum Gasteiger partial charge on any atom is -0.351 e. The number of aromatic nitrogens is 1. The Balaban J connectivity index is 1.69. The van der Waals surface area contributed by atoms with Gasteiger partial charge >= 0.3 is 0 Å². The Hall–Kier alpha value is -2.80. The van der Waals surface area contributed by atoms with Crippen LogP contribution in [0.2, 0.25) is 0 Å². The first-order chi connectivity index (χ1) is 13.5. The summed E-state index contributed by atoms with van der Waals surface area (Å²) in [6, 6.07) is 15.9. The number of sulfonamides is 1. The zero-order valence-corrected chi connectivity index (χ0v) is 16.5. The van der Waals surface area contributed by atoms with Crippen LogP contribution in [0.1, 0.15) is 36.7 Å². The minimum atomic E-state index is -3.66. The Kier molecular flexibility index (Phi) is 4.85. The number of hydrogen-bond donors (Lipinski definition) is 2. The molecular formula is C21H23N3O3S. The molecule has 146 valence electrons. The van der Waals surface area contributed by atoms with E-state index in [-0.39, 0.29) is 16.8 Å². The summed E-state index contributed by atoms with van der Waals surface area (Å²) in [6.07, 6.45) is 2.74. The van der Waals surface area contributed by atoms with E-state index in [2.05, 4.69) is 10.3 Å². The SMILES string of the molecule is CCCN(c1ccc2[nH]c(C(=O)NC3CC3)cc2c1)S(=O)(=O)c1ccccc1. The lowest BCUT2D eigenvalue weighted by atomic mass is 10.2. The van der Waals surface area contributed by atoms with Crippen LogP contribution >= 0.6 is 0 Å². The van der Waals surface area contributed by atoms with Gasteiger partial charge in [-0.1, -0.05) is 25.1 Å². The third-order valence-corrected chi connectivity index (χ3v) is 6.65. The monoisotopic (exact) mass is 397 g/mol. The van der Waals surface area contributed by atoms with E-state index in [4.69, 9.17) is 0 Å². The van der Waals surface area contributed by atoms with Crippen LogP contribution in [-0.4, -0.2) is 31.9 Å². The van der Waals surface area contributed by atoms with Crippen molar-refractivity contribution in [1.29, 1.82) is 0 Å². The number of carbonyl (C=O) groups excluding carboxylic acids is 1. The maximum absolute atomic E-state index is 13.2. The summed E-state index contributed by atoms with van der Waals surface area (Å²) in [5.41, 5.74) is 1.89. The highest BCUT2D eigenvalue weighted by Gasteiger charge is 2.26.